The first-order valence-electron chi connectivity index (χ1n) is 6.68. The minimum atomic E-state index is -0.436. The monoisotopic (exact) mass is 282 g/mol. The Hall–Kier alpha value is -1.82. The Kier molecular flexibility index (Phi) is 5.76. The number of aliphatic hydroxyl groups excluding tert-OH is 1. The molecule has 1 aromatic rings. The van der Waals surface area contributed by atoms with Gasteiger partial charge in [-0.05, 0) is 27.7 Å². The number of anilines is 1. The first-order valence-corrected chi connectivity index (χ1v) is 6.68. The Bertz CT molecular complexity index is 460. The van der Waals surface area contributed by atoms with Gasteiger partial charge < -0.3 is 14.7 Å². The highest BCUT2D eigenvalue weighted by Gasteiger charge is 2.17. The maximum absolute atomic E-state index is 11.0. The van der Waals surface area contributed by atoms with Gasteiger partial charge in [-0.25, -0.2) is 0 Å². The molecule has 6 nitrogen and oxygen atoms in total. The summed E-state index contributed by atoms with van der Waals surface area (Å²) < 4.78 is 5.56. The van der Waals surface area contributed by atoms with E-state index in [1.54, 1.807) is 6.07 Å². The van der Waals surface area contributed by atoms with Crippen molar-refractivity contribution >= 4 is 11.4 Å². The maximum atomic E-state index is 11.0. The third kappa shape index (κ3) is 4.38. The van der Waals surface area contributed by atoms with Gasteiger partial charge in [-0.3, -0.25) is 10.1 Å². The molecule has 0 saturated carbocycles. The topological polar surface area (TPSA) is 75.8 Å². The number of rotatable bonds is 7. The van der Waals surface area contributed by atoms with Crippen LogP contribution in [0.15, 0.2) is 18.2 Å². The molecule has 20 heavy (non-hydrogen) atoms. The summed E-state index contributed by atoms with van der Waals surface area (Å²) >= 11 is 0. The van der Waals surface area contributed by atoms with Crippen molar-refractivity contribution in [1.82, 2.24) is 0 Å². The Morgan fingerprint density at radius 1 is 1.30 bits per heavy atom. The molecule has 0 radical (unpaired) electrons. The molecule has 1 N–H and O–H groups in total. The third-order valence-corrected chi connectivity index (χ3v) is 2.75. The fourth-order valence-electron chi connectivity index (χ4n) is 1.97. The third-order valence-electron chi connectivity index (χ3n) is 2.75. The molecule has 0 aromatic heterocycles. The van der Waals surface area contributed by atoms with Crippen LogP contribution in [0.2, 0.25) is 0 Å². The van der Waals surface area contributed by atoms with Crippen LogP contribution in [0.1, 0.15) is 27.7 Å². The predicted molar refractivity (Wildman–Crippen MR) is 78.4 cm³/mol. The van der Waals surface area contributed by atoms with E-state index in [1.165, 1.54) is 12.1 Å². The van der Waals surface area contributed by atoms with Crippen LogP contribution >= 0.6 is 0 Å². The lowest BCUT2D eigenvalue weighted by Gasteiger charge is -2.28. The zero-order chi connectivity index (χ0) is 15.3. The quantitative estimate of drug-likeness (QED) is 0.614. The number of ether oxygens (including phenoxy) is 1. The molecule has 0 bridgehead atoms. The molecule has 112 valence electrons. The van der Waals surface area contributed by atoms with Crippen molar-refractivity contribution in [2.24, 2.45) is 0 Å². The summed E-state index contributed by atoms with van der Waals surface area (Å²) in [6, 6.07) is 4.81. The second-order valence-electron chi connectivity index (χ2n) is 5.12. The predicted octanol–water partition coefficient (Wildman–Crippen LogP) is 2.59. The van der Waals surface area contributed by atoms with Crippen molar-refractivity contribution < 1.29 is 14.8 Å². The average Bonchev–Trinajstić information content (AvgIpc) is 2.34. The zero-order valence-electron chi connectivity index (χ0n) is 12.4. The van der Waals surface area contributed by atoms with Crippen LogP contribution in [0.25, 0.3) is 0 Å². The van der Waals surface area contributed by atoms with Crippen molar-refractivity contribution in [3.63, 3.8) is 0 Å². The molecule has 0 atom stereocenters. The molecule has 1 rings (SSSR count). The van der Waals surface area contributed by atoms with E-state index < -0.39 is 4.92 Å². The number of nitro benzene ring substituents is 1. The van der Waals surface area contributed by atoms with E-state index >= 15 is 0 Å². The van der Waals surface area contributed by atoms with Crippen molar-refractivity contribution in [1.29, 1.82) is 0 Å². The molecule has 0 aliphatic carbocycles. The van der Waals surface area contributed by atoms with E-state index in [0.29, 0.717) is 18.0 Å². The summed E-state index contributed by atoms with van der Waals surface area (Å²) in [5.41, 5.74) is 0.667. The molecular formula is C14H22N2O4. The van der Waals surface area contributed by atoms with Gasteiger partial charge in [0.15, 0.2) is 0 Å². The highest BCUT2D eigenvalue weighted by atomic mass is 16.6. The van der Waals surface area contributed by atoms with Gasteiger partial charge in [0.1, 0.15) is 5.75 Å². The molecule has 0 spiro atoms. The fraction of sp³-hybridized carbons (Fsp3) is 0.571. The number of benzene rings is 1. The Balaban J connectivity index is 3.22. The van der Waals surface area contributed by atoms with E-state index in [2.05, 4.69) is 0 Å². The zero-order valence-corrected chi connectivity index (χ0v) is 12.4. The number of hydrogen-bond donors (Lipinski definition) is 1. The Morgan fingerprint density at radius 2 is 1.95 bits per heavy atom. The minimum absolute atomic E-state index is 0.0123. The molecular weight excluding hydrogens is 260 g/mol. The highest BCUT2D eigenvalue weighted by Crippen LogP contribution is 2.30. The van der Waals surface area contributed by atoms with Crippen LogP contribution in [0, 0.1) is 10.1 Å². The van der Waals surface area contributed by atoms with Gasteiger partial charge in [0.25, 0.3) is 5.69 Å². The standard InChI is InChI=1S/C14H22N2O4/c1-10(2)15(5-6-17)12-7-13(16(18)19)9-14(8-12)20-11(3)4/h7-11,17H,5-6H2,1-4H3. The van der Waals surface area contributed by atoms with Crippen molar-refractivity contribution in [2.75, 3.05) is 18.1 Å². The second-order valence-corrected chi connectivity index (χ2v) is 5.12. The Morgan fingerprint density at radius 3 is 2.40 bits per heavy atom. The van der Waals surface area contributed by atoms with Gasteiger partial charge in [0, 0.05) is 30.4 Å². The van der Waals surface area contributed by atoms with Gasteiger partial charge in [0.05, 0.1) is 23.7 Å². The molecule has 0 aliphatic rings. The number of aliphatic hydroxyl groups is 1. The fourth-order valence-corrected chi connectivity index (χ4v) is 1.97. The van der Waals surface area contributed by atoms with Crippen molar-refractivity contribution in [3.8, 4) is 5.75 Å². The lowest BCUT2D eigenvalue weighted by molar-refractivity contribution is -0.384. The van der Waals surface area contributed by atoms with Crippen LogP contribution in [0.5, 0.6) is 5.75 Å². The number of nitro groups is 1. The van der Waals surface area contributed by atoms with Crippen LogP contribution in [0.3, 0.4) is 0 Å². The molecule has 6 heteroatoms. The van der Waals surface area contributed by atoms with Crippen LogP contribution in [-0.4, -0.2) is 35.3 Å². The molecule has 0 unspecified atom stereocenters. The SMILES string of the molecule is CC(C)Oc1cc(N(CCO)C(C)C)cc([N+](=O)[O-])c1. The van der Waals surface area contributed by atoms with Crippen LogP contribution in [0.4, 0.5) is 11.4 Å². The van der Waals surface area contributed by atoms with E-state index in [9.17, 15) is 10.1 Å². The summed E-state index contributed by atoms with van der Waals surface area (Å²) in [6.07, 6.45) is -0.0600. The van der Waals surface area contributed by atoms with Crippen molar-refractivity contribution in [3.05, 3.63) is 28.3 Å². The number of nitrogens with zero attached hydrogens (tertiary/aromatic N) is 2. The maximum Gasteiger partial charge on any atom is 0.275 e. The molecule has 0 heterocycles. The van der Waals surface area contributed by atoms with E-state index in [-0.39, 0.29) is 24.4 Å². The van der Waals surface area contributed by atoms with Gasteiger partial charge in [-0.2, -0.15) is 0 Å². The van der Waals surface area contributed by atoms with Crippen LogP contribution < -0.4 is 9.64 Å². The molecule has 0 saturated heterocycles. The highest BCUT2D eigenvalue weighted by molar-refractivity contribution is 5.58. The summed E-state index contributed by atoms with van der Waals surface area (Å²) in [5.74, 6) is 0.466. The summed E-state index contributed by atoms with van der Waals surface area (Å²) in [7, 11) is 0. The van der Waals surface area contributed by atoms with Gasteiger partial charge >= 0.3 is 0 Å². The smallest absolute Gasteiger partial charge is 0.275 e. The molecule has 0 amide bonds. The van der Waals surface area contributed by atoms with Gasteiger partial charge in [-0.1, -0.05) is 0 Å². The average molecular weight is 282 g/mol. The lowest BCUT2D eigenvalue weighted by Crippen LogP contribution is -2.33. The lowest BCUT2D eigenvalue weighted by atomic mass is 10.2. The largest absolute Gasteiger partial charge is 0.491 e. The molecule has 0 fully saturated rings. The van der Waals surface area contributed by atoms with Gasteiger partial charge in [0.2, 0.25) is 0 Å². The molecule has 1 aromatic carbocycles. The molecule has 0 aliphatic heterocycles. The minimum Gasteiger partial charge on any atom is -0.491 e. The van der Waals surface area contributed by atoms with Gasteiger partial charge in [-0.15, -0.1) is 0 Å². The summed E-state index contributed by atoms with van der Waals surface area (Å²) in [5, 5.41) is 20.2. The summed E-state index contributed by atoms with van der Waals surface area (Å²) in [6.45, 7) is 8.08. The normalized spacial score (nSPS) is 10.9. The van der Waals surface area contributed by atoms with E-state index in [0.717, 1.165) is 0 Å². The number of non-ortho nitro benzene ring substituents is 1. The first kappa shape index (κ1) is 16.2. The van der Waals surface area contributed by atoms with Crippen molar-refractivity contribution in [2.45, 2.75) is 39.8 Å². The van der Waals surface area contributed by atoms with E-state index in [4.69, 9.17) is 9.84 Å². The Labute approximate surface area is 119 Å². The van der Waals surface area contributed by atoms with E-state index in [1.807, 2.05) is 32.6 Å². The first-order chi connectivity index (χ1) is 9.35. The summed E-state index contributed by atoms with van der Waals surface area (Å²) in [4.78, 5) is 12.5. The van der Waals surface area contributed by atoms with Crippen LogP contribution in [-0.2, 0) is 0 Å². The second kappa shape index (κ2) is 7.09. The number of hydrogen-bond acceptors (Lipinski definition) is 5.